The van der Waals surface area contributed by atoms with Gasteiger partial charge in [-0.3, -0.25) is 4.79 Å². The number of carbonyl (C=O) groups excluding carboxylic acids is 1. The molecular weight excluding hydrogens is 261 g/mol. The minimum atomic E-state index is -4.48. The van der Waals surface area contributed by atoms with E-state index in [-0.39, 0.29) is 18.4 Å². The van der Waals surface area contributed by atoms with E-state index in [1.807, 2.05) is 0 Å². The van der Waals surface area contributed by atoms with Gasteiger partial charge in [0.1, 0.15) is 12.3 Å². The molecule has 2 rings (SSSR count). The molecule has 1 fully saturated rings. The van der Waals surface area contributed by atoms with E-state index in [9.17, 15) is 18.0 Å². The molecule has 0 unspecified atom stereocenters. The normalized spacial score (nSPS) is 15.9. The minimum absolute atomic E-state index is 0.0561. The van der Waals surface area contributed by atoms with Gasteiger partial charge in [-0.2, -0.15) is 13.2 Å². The number of pyridine rings is 1. The largest absolute Gasteiger partial charge is 0.476 e. The smallest absolute Gasteiger partial charge is 0.433 e. The predicted octanol–water partition coefficient (Wildman–Crippen LogP) is 2.10. The summed E-state index contributed by atoms with van der Waals surface area (Å²) in [5.41, 5.74) is -0.984. The highest BCUT2D eigenvalue weighted by molar-refractivity contribution is 5.78. The second-order valence-electron chi connectivity index (χ2n) is 4.19. The molecule has 2 heterocycles. The van der Waals surface area contributed by atoms with E-state index >= 15 is 0 Å². The molecule has 19 heavy (non-hydrogen) atoms. The lowest BCUT2D eigenvalue weighted by Gasteiger charge is -2.15. The van der Waals surface area contributed by atoms with E-state index in [1.54, 1.807) is 4.90 Å². The van der Waals surface area contributed by atoms with E-state index < -0.39 is 11.9 Å². The Morgan fingerprint density at radius 2 is 2.16 bits per heavy atom. The van der Waals surface area contributed by atoms with Gasteiger partial charge in [-0.25, -0.2) is 4.98 Å². The quantitative estimate of drug-likeness (QED) is 0.844. The van der Waals surface area contributed by atoms with Crippen LogP contribution in [-0.4, -0.2) is 35.5 Å². The van der Waals surface area contributed by atoms with Crippen molar-refractivity contribution >= 4 is 5.91 Å². The number of hydrogen-bond acceptors (Lipinski definition) is 3. The Balaban J connectivity index is 1.87. The number of carbonyl (C=O) groups is 1. The Kier molecular flexibility index (Phi) is 3.92. The second kappa shape index (κ2) is 5.46. The molecule has 4 nitrogen and oxygen atoms in total. The fourth-order valence-corrected chi connectivity index (χ4v) is 1.85. The van der Waals surface area contributed by atoms with Crippen molar-refractivity contribution in [2.75, 3.05) is 19.7 Å². The Morgan fingerprint density at radius 1 is 1.37 bits per heavy atom. The van der Waals surface area contributed by atoms with Crippen molar-refractivity contribution in [3.05, 3.63) is 23.9 Å². The van der Waals surface area contributed by atoms with Crippen LogP contribution in [0.2, 0.25) is 0 Å². The highest BCUT2D eigenvalue weighted by Crippen LogP contribution is 2.28. The van der Waals surface area contributed by atoms with Gasteiger partial charge in [0.15, 0.2) is 0 Å². The Hall–Kier alpha value is -1.79. The van der Waals surface area contributed by atoms with Crippen LogP contribution >= 0.6 is 0 Å². The van der Waals surface area contributed by atoms with Gasteiger partial charge in [-0.05, 0) is 12.5 Å². The molecule has 0 bridgehead atoms. The molecule has 0 atom stereocenters. The molecule has 1 aromatic heterocycles. The van der Waals surface area contributed by atoms with Crippen LogP contribution < -0.4 is 4.74 Å². The van der Waals surface area contributed by atoms with Gasteiger partial charge < -0.3 is 9.64 Å². The van der Waals surface area contributed by atoms with Gasteiger partial charge in [-0.1, -0.05) is 6.07 Å². The number of amides is 1. The average Bonchev–Trinajstić information content (AvgIpc) is 2.75. The highest BCUT2D eigenvalue weighted by atomic mass is 19.4. The third kappa shape index (κ3) is 3.59. The zero-order chi connectivity index (χ0) is 13.9. The van der Waals surface area contributed by atoms with Crippen LogP contribution in [0.5, 0.6) is 5.88 Å². The molecule has 0 N–H and O–H groups in total. The molecule has 0 aromatic carbocycles. The molecule has 0 radical (unpaired) electrons. The van der Waals surface area contributed by atoms with Crippen LogP contribution in [0.15, 0.2) is 18.2 Å². The van der Waals surface area contributed by atoms with Crippen molar-refractivity contribution < 1.29 is 22.7 Å². The van der Waals surface area contributed by atoms with Gasteiger partial charge in [0, 0.05) is 19.0 Å². The first-order valence-corrected chi connectivity index (χ1v) is 5.91. The van der Waals surface area contributed by atoms with Crippen molar-refractivity contribution in [2.45, 2.75) is 19.0 Å². The Bertz CT molecular complexity index is 463. The minimum Gasteiger partial charge on any atom is -0.476 e. The molecule has 1 aliphatic heterocycles. The van der Waals surface area contributed by atoms with Crippen molar-refractivity contribution in [2.24, 2.45) is 0 Å². The Labute approximate surface area is 108 Å². The van der Waals surface area contributed by atoms with Crippen LogP contribution in [0.25, 0.3) is 0 Å². The summed E-state index contributed by atoms with van der Waals surface area (Å²) in [4.78, 5) is 16.3. The van der Waals surface area contributed by atoms with Crippen LogP contribution in [0.1, 0.15) is 18.5 Å². The summed E-state index contributed by atoms with van der Waals surface area (Å²) >= 11 is 0. The third-order valence-electron chi connectivity index (χ3n) is 2.80. The summed E-state index contributed by atoms with van der Waals surface area (Å²) in [6.45, 7) is 1.19. The lowest BCUT2D eigenvalue weighted by Crippen LogP contribution is -2.29. The first-order chi connectivity index (χ1) is 8.97. The number of likely N-dealkylation sites (tertiary alicyclic amines) is 1. The number of alkyl halides is 3. The molecular formula is C12H13F3N2O2. The molecule has 0 saturated carbocycles. The molecule has 7 heteroatoms. The number of nitrogens with zero attached hydrogens (tertiary/aromatic N) is 2. The second-order valence-corrected chi connectivity index (χ2v) is 4.19. The van der Waals surface area contributed by atoms with Crippen molar-refractivity contribution in [3.63, 3.8) is 0 Å². The van der Waals surface area contributed by atoms with Crippen molar-refractivity contribution in [1.29, 1.82) is 0 Å². The topological polar surface area (TPSA) is 42.4 Å². The lowest BCUT2D eigenvalue weighted by molar-refractivity contribution is -0.141. The standard InChI is InChI=1S/C12H13F3N2O2/c13-12(14,15)9-3-1-4-10(16-9)19-8-7-17-6-2-5-11(17)18/h1,3-4H,2,5-8H2. The summed E-state index contributed by atoms with van der Waals surface area (Å²) in [5, 5.41) is 0. The summed E-state index contributed by atoms with van der Waals surface area (Å²) in [6.07, 6.45) is -3.13. The predicted molar refractivity (Wildman–Crippen MR) is 60.5 cm³/mol. The fourth-order valence-electron chi connectivity index (χ4n) is 1.85. The maximum absolute atomic E-state index is 12.4. The van der Waals surface area contributed by atoms with Crippen LogP contribution in [-0.2, 0) is 11.0 Å². The number of aromatic nitrogens is 1. The monoisotopic (exact) mass is 274 g/mol. The summed E-state index contributed by atoms with van der Waals surface area (Å²) in [5.74, 6) is -0.0259. The number of halogens is 3. The van der Waals surface area contributed by atoms with Crippen molar-refractivity contribution in [1.82, 2.24) is 9.88 Å². The molecule has 0 aliphatic carbocycles. The summed E-state index contributed by atoms with van der Waals surface area (Å²) in [6, 6.07) is 3.49. The van der Waals surface area contributed by atoms with Gasteiger partial charge in [0.05, 0.1) is 6.54 Å². The average molecular weight is 274 g/mol. The molecule has 0 spiro atoms. The summed E-state index contributed by atoms with van der Waals surface area (Å²) < 4.78 is 42.4. The maximum Gasteiger partial charge on any atom is 0.433 e. The third-order valence-corrected chi connectivity index (χ3v) is 2.80. The number of ether oxygens (including phenoxy) is 1. The fraction of sp³-hybridized carbons (Fsp3) is 0.500. The van der Waals surface area contributed by atoms with E-state index in [0.29, 0.717) is 19.5 Å². The zero-order valence-electron chi connectivity index (χ0n) is 10.1. The van der Waals surface area contributed by atoms with Crippen LogP contribution in [0, 0.1) is 0 Å². The lowest BCUT2D eigenvalue weighted by atomic mass is 10.3. The van der Waals surface area contributed by atoms with Gasteiger partial charge >= 0.3 is 6.18 Å². The first kappa shape index (κ1) is 13.6. The van der Waals surface area contributed by atoms with Gasteiger partial charge in [-0.15, -0.1) is 0 Å². The van der Waals surface area contributed by atoms with Gasteiger partial charge in [0.25, 0.3) is 0 Å². The van der Waals surface area contributed by atoms with E-state index in [4.69, 9.17) is 4.74 Å². The first-order valence-electron chi connectivity index (χ1n) is 5.91. The molecule has 104 valence electrons. The van der Waals surface area contributed by atoms with E-state index in [2.05, 4.69) is 4.98 Å². The van der Waals surface area contributed by atoms with Crippen LogP contribution in [0.4, 0.5) is 13.2 Å². The molecule has 1 aromatic rings. The van der Waals surface area contributed by atoms with Gasteiger partial charge in [0.2, 0.25) is 11.8 Å². The van der Waals surface area contributed by atoms with Crippen molar-refractivity contribution in [3.8, 4) is 5.88 Å². The molecule has 1 aliphatic rings. The Morgan fingerprint density at radius 3 is 2.79 bits per heavy atom. The number of hydrogen-bond donors (Lipinski definition) is 0. The summed E-state index contributed by atoms with van der Waals surface area (Å²) in [7, 11) is 0. The SMILES string of the molecule is O=C1CCCN1CCOc1cccc(C(F)(F)F)n1. The van der Waals surface area contributed by atoms with E-state index in [1.165, 1.54) is 12.1 Å². The van der Waals surface area contributed by atoms with Crippen LogP contribution in [0.3, 0.4) is 0 Å². The molecule has 1 saturated heterocycles. The molecule has 1 amide bonds. The van der Waals surface area contributed by atoms with E-state index in [0.717, 1.165) is 12.5 Å². The maximum atomic E-state index is 12.4. The number of rotatable bonds is 4. The zero-order valence-corrected chi connectivity index (χ0v) is 10.1. The highest BCUT2D eigenvalue weighted by Gasteiger charge is 2.32.